The van der Waals surface area contributed by atoms with E-state index in [-0.39, 0.29) is 23.9 Å². The molecule has 0 fully saturated rings. The molecule has 0 atom stereocenters. The molecule has 0 saturated carbocycles. The number of hydrogen-bond donors (Lipinski definition) is 1. The maximum atomic E-state index is 11.8. The summed E-state index contributed by atoms with van der Waals surface area (Å²) in [5.41, 5.74) is -0.0509. The van der Waals surface area contributed by atoms with Crippen LogP contribution < -0.4 is 9.80 Å². The SMILES string of the molecule is CCOC(=O)C(/C=N/c1nc(N(C)C)nc(N(C)C)n1)=C(\C)O. The number of aliphatic hydroxyl groups excluding tert-OH is 1. The van der Waals surface area contributed by atoms with Crippen LogP contribution in [0.25, 0.3) is 0 Å². The Hall–Kier alpha value is -2.71. The van der Waals surface area contributed by atoms with Crippen molar-refractivity contribution < 1.29 is 14.6 Å². The topological polar surface area (TPSA) is 104 Å². The lowest BCUT2D eigenvalue weighted by Gasteiger charge is -2.14. The molecular weight excluding hydrogens is 300 g/mol. The molecule has 0 amide bonds. The third-order valence-electron chi connectivity index (χ3n) is 2.59. The summed E-state index contributed by atoms with van der Waals surface area (Å²) in [5.74, 6) is 0.125. The fourth-order valence-corrected chi connectivity index (χ4v) is 1.43. The van der Waals surface area contributed by atoms with E-state index in [1.165, 1.54) is 13.1 Å². The minimum absolute atomic E-state index is 0.0509. The number of carbonyl (C=O) groups is 1. The summed E-state index contributed by atoms with van der Waals surface area (Å²) in [6.07, 6.45) is 1.18. The molecule has 0 spiro atoms. The zero-order chi connectivity index (χ0) is 17.6. The zero-order valence-electron chi connectivity index (χ0n) is 14.2. The quantitative estimate of drug-likeness (QED) is 0.359. The van der Waals surface area contributed by atoms with Crippen molar-refractivity contribution in [3.05, 3.63) is 11.3 Å². The van der Waals surface area contributed by atoms with Crippen molar-refractivity contribution in [1.82, 2.24) is 15.0 Å². The van der Waals surface area contributed by atoms with Crippen molar-refractivity contribution in [2.24, 2.45) is 4.99 Å². The molecule has 9 heteroatoms. The number of carbonyl (C=O) groups excluding carboxylic acids is 1. The van der Waals surface area contributed by atoms with Crippen LogP contribution in [-0.2, 0) is 9.53 Å². The van der Waals surface area contributed by atoms with Gasteiger partial charge in [0.25, 0.3) is 5.95 Å². The van der Waals surface area contributed by atoms with Gasteiger partial charge in [-0.25, -0.2) is 9.79 Å². The van der Waals surface area contributed by atoms with E-state index < -0.39 is 5.97 Å². The third kappa shape index (κ3) is 5.20. The molecule has 23 heavy (non-hydrogen) atoms. The Bertz CT molecular complexity index is 595. The number of allylic oxidation sites excluding steroid dienone is 1. The van der Waals surface area contributed by atoms with E-state index in [2.05, 4.69) is 19.9 Å². The Balaban J connectivity index is 3.20. The molecule has 1 heterocycles. The summed E-state index contributed by atoms with van der Waals surface area (Å²) in [6, 6.07) is 0. The lowest BCUT2D eigenvalue weighted by atomic mass is 10.2. The standard InChI is InChI=1S/C14H22N6O3/c1-7-23-11(22)10(9(2)21)8-15-12-16-13(19(3)4)18-14(17-12)20(5)6/h8,21H,7H2,1-6H3/b10-9+,15-8+. The Morgan fingerprint density at radius 1 is 1.17 bits per heavy atom. The average Bonchev–Trinajstić information content (AvgIpc) is 2.46. The molecule has 0 aliphatic heterocycles. The number of ether oxygens (including phenoxy) is 1. The van der Waals surface area contributed by atoms with Crippen LogP contribution in [0.4, 0.5) is 17.8 Å². The van der Waals surface area contributed by atoms with Crippen molar-refractivity contribution in [2.45, 2.75) is 13.8 Å². The summed E-state index contributed by atoms with van der Waals surface area (Å²) in [5, 5.41) is 9.59. The molecule has 0 unspecified atom stereocenters. The van der Waals surface area contributed by atoms with Crippen LogP contribution >= 0.6 is 0 Å². The van der Waals surface area contributed by atoms with Crippen molar-refractivity contribution in [3.63, 3.8) is 0 Å². The monoisotopic (exact) mass is 322 g/mol. The first-order valence-electron chi connectivity index (χ1n) is 6.98. The van der Waals surface area contributed by atoms with Gasteiger partial charge in [0.05, 0.1) is 6.61 Å². The predicted molar refractivity (Wildman–Crippen MR) is 88.6 cm³/mol. The number of rotatable bonds is 6. The number of hydrogen-bond acceptors (Lipinski definition) is 9. The summed E-state index contributed by atoms with van der Waals surface area (Å²) in [6.45, 7) is 3.25. The molecule has 0 bridgehead atoms. The van der Waals surface area contributed by atoms with E-state index in [1.54, 1.807) is 44.9 Å². The van der Waals surface area contributed by atoms with Gasteiger partial charge in [-0.05, 0) is 13.8 Å². The maximum Gasteiger partial charge on any atom is 0.343 e. The predicted octanol–water partition coefficient (Wildman–Crippen LogP) is 1.10. The van der Waals surface area contributed by atoms with Gasteiger partial charge in [-0.1, -0.05) is 0 Å². The van der Waals surface area contributed by atoms with E-state index in [0.717, 1.165) is 0 Å². The minimum Gasteiger partial charge on any atom is -0.512 e. The molecule has 0 saturated heterocycles. The van der Waals surface area contributed by atoms with Crippen LogP contribution in [0.2, 0.25) is 0 Å². The zero-order valence-corrected chi connectivity index (χ0v) is 14.2. The largest absolute Gasteiger partial charge is 0.512 e. The second-order valence-electron chi connectivity index (χ2n) is 5.00. The van der Waals surface area contributed by atoms with Gasteiger partial charge in [0.15, 0.2) is 0 Å². The Labute approximate surface area is 135 Å². The van der Waals surface area contributed by atoms with Crippen molar-refractivity contribution >= 4 is 30.0 Å². The van der Waals surface area contributed by atoms with Gasteiger partial charge in [0.2, 0.25) is 11.9 Å². The van der Waals surface area contributed by atoms with E-state index in [1.807, 2.05) is 0 Å². The van der Waals surface area contributed by atoms with Crippen LogP contribution in [0.5, 0.6) is 0 Å². The van der Waals surface area contributed by atoms with Gasteiger partial charge in [-0.3, -0.25) is 0 Å². The van der Waals surface area contributed by atoms with E-state index >= 15 is 0 Å². The van der Waals surface area contributed by atoms with Crippen LogP contribution in [0.1, 0.15) is 13.8 Å². The first-order valence-corrected chi connectivity index (χ1v) is 6.98. The first kappa shape index (κ1) is 18.3. The number of aliphatic imine (C=N–C) groups is 1. The number of esters is 1. The summed E-state index contributed by atoms with van der Waals surface area (Å²) >= 11 is 0. The number of aliphatic hydroxyl groups is 1. The van der Waals surface area contributed by atoms with Crippen LogP contribution in [-0.4, -0.2) is 67.0 Å². The highest BCUT2D eigenvalue weighted by Crippen LogP contribution is 2.15. The van der Waals surface area contributed by atoms with Crippen molar-refractivity contribution in [2.75, 3.05) is 44.6 Å². The lowest BCUT2D eigenvalue weighted by Crippen LogP contribution is -2.18. The summed E-state index contributed by atoms with van der Waals surface area (Å²) < 4.78 is 4.86. The second-order valence-corrected chi connectivity index (χ2v) is 5.00. The third-order valence-corrected chi connectivity index (χ3v) is 2.59. The highest BCUT2D eigenvalue weighted by molar-refractivity contribution is 6.10. The van der Waals surface area contributed by atoms with E-state index in [4.69, 9.17) is 4.74 Å². The van der Waals surface area contributed by atoms with Gasteiger partial charge < -0.3 is 19.6 Å². The molecule has 1 aromatic rings. The number of anilines is 2. The summed E-state index contributed by atoms with van der Waals surface area (Å²) in [4.78, 5) is 31.9. The molecule has 9 nitrogen and oxygen atoms in total. The van der Waals surface area contributed by atoms with E-state index in [0.29, 0.717) is 11.9 Å². The van der Waals surface area contributed by atoms with Gasteiger partial charge in [0.1, 0.15) is 11.3 Å². The molecule has 126 valence electrons. The lowest BCUT2D eigenvalue weighted by molar-refractivity contribution is -0.138. The van der Waals surface area contributed by atoms with Gasteiger partial charge >= 0.3 is 5.97 Å². The fraction of sp³-hybridized carbons (Fsp3) is 0.500. The number of nitrogens with zero attached hydrogens (tertiary/aromatic N) is 6. The van der Waals surface area contributed by atoms with Gasteiger partial charge in [-0.2, -0.15) is 15.0 Å². The van der Waals surface area contributed by atoms with Gasteiger partial charge in [0, 0.05) is 34.4 Å². The van der Waals surface area contributed by atoms with Crippen LogP contribution in [0.15, 0.2) is 16.3 Å². The molecule has 0 aromatic carbocycles. The molecule has 0 aliphatic carbocycles. The number of aromatic nitrogens is 3. The molecule has 0 radical (unpaired) electrons. The Morgan fingerprint density at radius 2 is 1.70 bits per heavy atom. The first-order chi connectivity index (χ1) is 10.8. The van der Waals surface area contributed by atoms with Crippen molar-refractivity contribution in [1.29, 1.82) is 0 Å². The smallest absolute Gasteiger partial charge is 0.343 e. The highest BCUT2D eigenvalue weighted by Gasteiger charge is 2.13. The van der Waals surface area contributed by atoms with Crippen LogP contribution in [0.3, 0.4) is 0 Å². The second kappa shape index (κ2) is 8.06. The molecule has 1 N–H and O–H groups in total. The molecule has 0 aliphatic rings. The average molecular weight is 322 g/mol. The highest BCUT2D eigenvalue weighted by atomic mass is 16.5. The molecule has 1 rings (SSSR count). The van der Waals surface area contributed by atoms with Crippen LogP contribution in [0, 0.1) is 0 Å². The molecule has 1 aromatic heterocycles. The summed E-state index contributed by atoms with van der Waals surface area (Å²) in [7, 11) is 7.18. The minimum atomic E-state index is -0.661. The van der Waals surface area contributed by atoms with Gasteiger partial charge in [-0.15, -0.1) is 0 Å². The Kier molecular flexibility index (Phi) is 6.43. The normalized spacial score (nSPS) is 12.1. The Morgan fingerprint density at radius 3 is 2.09 bits per heavy atom. The molecular formula is C14H22N6O3. The van der Waals surface area contributed by atoms with Crippen molar-refractivity contribution in [3.8, 4) is 0 Å². The van der Waals surface area contributed by atoms with E-state index in [9.17, 15) is 9.90 Å². The fourth-order valence-electron chi connectivity index (χ4n) is 1.43. The maximum absolute atomic E-state index is 11.8.